The zero-order valence-electron chi connectivity index (χ0n) is 15.1. The summed E-state index contributed by atoms with van der Waals surface area (Å²) in [5, 5.41) is 18.9. The number of ketones is 1. The van der Waals surface area contributed by atoms with Crippen molar-refractivity contribution in [2.24, 2.45) is 4.99 Å². The van der Waals surface area contributed by atoms with Crippen molar-refractivity contribution >= 4 is 12.0 Å². The van der Waals surface area contributed by atoms with E-state index in [1.807, 2.05) is 54.8 Å². The second kappa shape index (κ2) is 7.36. The SMILES string of the molecule is CC(=O)c1ccc(C2(C)N=CC=C2Cc2ccc(CO)c(CO)c2)cc1. The van der Waals surface area contributed by atoms with Crippen LogP contribution in [0.15, 0.2) is 59.1 Å². The Balaban J connectivity index is 1.87. The molecule has 1 atom stereocenters. The monoisotopic (exact) mass is 349 g/mol. The molecule has 0 saturated heterocycles. The maximum Gasteiger partial charge on any atom is 0.159 e. The summed E-state index contributed by atoms with van der Waals surface area (Å²) in [4.78, 5) is 16.2. The summed E-state index contributed by atoms with van der Waals surface area (Å²) in [5.41, 5.74) is 4.97. The van der Waals surface area contributed by atoms with E-state index in [9.17, 15) is 15.0 Å². The molecule has 0 bridgehead atoms. The summed E-state index contributed by atoms with van der Waals surface area (Å²) in [7, 11) is 0. The molecule has 1 aliphatic rings. The topological polar surface area (TPSA) is 69.9 Å². The molecule has 0 aromatic heterocycles. The van der Waals surface area contributed by atoms with Gasteiger partial charge in [0.15, 0.2) is 5.78 Å². The molecule has 2 N–H and O–H groups in total. The van der Waals surface area contributed by atoms with Crippen LogP contribution >= 0.6 is 0 Å². The molecule has 0 amide bonds. The Hall–Kier alpha value is -2.56. The summed E-state index contributed by atoms with van der Waals surface area (Å²) in [6.07, 6.45) is 4.55. The average Bonchev–Trinajstić information content (AvgIpc) is 3.03. The predicted molar refractivity (Wildman–Crippen MR) is 102 cm³/mol. The van der Waals surface area contributed by atoms with Crippen LogP contribution in [-0.2, 0) is 25.2 Å². The van der Waals surface area contributed by atoms with Gasteiger partial charge in [0.1, 0.15) is 5.54 Å². The van der Waals surface area contributed by atoms with Crippen molar-refractivity contribution in [3.63, 3.8) is 0 Å². The Morgan fingerprint density at radius 2 is 1.73 bits per heavy atom. The number of rotatable bonds is 6. The van der Waals surface area contributed by atoms with Crippen molar-refractivity contribution in [3.8, 4) is 0 Å². The lowest BCUT2D eigenvalue weighted by atomic mass is 9.82. The summed E-state index contributed by atoms with van der Waals surface area (Å²) in [6.45, 7) is 3.45. The first-order chi connectivity index (χ1) is 12.5. The Labute approximate surface area is 153 Å². The average molecular weight is 349 g/mol. The lowest BCUT2D eigenvalue weighted by molar-refractivity contribution is 0.101. The third-order valence-corrected chi connectivity index (χ3v) is 5.09. The number of carbonyl (C=O) groups excluding carboxylic acids is 1. The Kier molecular flexibility index (Phi) is 5.16. The van der Waals surface area contributed by atoms with Crippen LogP contribution in [0.4, 0.5) is 0 Å². The van der Waals surface area contributed by atoms with E-state index in [-0.39, 0.29) is 19.0 Å². The van der Waals surface area contributed by atoms with Crippen molar-refractivity contribution in [1.29, 1.82) is 0 Å². The van der Waals surface area contributed by atoms with E-state index in [2.05, 4.69) is 11.9 Å². The number of carbonyl (C=O) groups is 1. The first-order valence-electron chi connectivity index (χ1n) is 8.66. The fourth-order valence-electron chi connectivity index (χ4n) is 3.35. The Morgan fingerprint density at radius 3 is 2.35 bits per heavy atom. The van der Waals surface area contributed by atoms with Crippen molar-refractivity contribution in [2.75, 3.05) is 0 Å². The molecule has 0 radical (unpaired) electrons. The number of aliphatic hydroxyl groups excluding tert-OH is 2. The van der Waals surface area contributed by atoms with Gasteiger partial charge in [-0.2, -0.15) is 0 Å². The minimum atomic E-state index is -0.468. The van der Waals surface area contributed by atoms with E-state index in [1.54, 1.807) is 6.92 Å². The van der Waals surface area contributed by atoms with Crippen LogP contribution in [0.1, 0.15) is 46.5 Å². The molecule has 3 rings (SSSR count). The number of aliphatic imine (C=N–C) groups is 1. The number of nitrogens with zero attached hydrogens (tertiary/aromatic N) is 1. The van der Waals surface area contributed by atoms with Gasteiger partial charge in [-0.15, -0.1) is 0 Å². The Morgan fingerprint density at radius 1 is 1.04 bits per heavy atom. The maximum absolute atomic E-state index is 11.5. The zero-order valence-corrected chi connectivity index (χ0v) is 15.1. The second-order valence-electron chi connectivity index (χ2n) is 6.77. The highest BCUT2D eigenvalue weighted by atomic mass is 16.3. The van der Waals surface area contributed by atoms with Gasteiger partial charge in [-0.25, -0.2) is 0 Å². The molecule has 1 unspecified atom stereocenters. The van der Waals surface area contributed by atoms with Crippen molar-refractivity contribution < 1.29 is 15.0 Å². The Bertz CT molecular complexity index is 881. The quantitative estimate of drug-likeness (QED) is 0.786. The smallest absolute Gasteiger partial charge is 0.159 e. The van der Waals surface area contributed by atoms with Crippen LogP contribution in [0.3, 0.4) is 0 Å². The molecule has 1 aliphatic heterocycles. The summed E-state index contributed by atoms with van der Waals surface area (Å²) in [6, 6.07) is 13.4. The third kappa shape index (κ3) is 3.39. The predicted octanol–water partition coefficient (Wildman–Crippen LogP) is 3.34. The highest BCUT2D eigenvalue weighted by Crippen LogP contribution is 2.38. The number of benzene rings is 2. The fourth-order valence-corrected chi connectivity index (χ4v) is 3.35. The minimum absolute atomic E-state index is 0.0490. The van der Waals surface area contributed by atoms with Gasteiger partial charge in [0.05, 0.1) is 13.2 Å². The first-order valence-corrected chi connectivity index (χ1v) is 8.66. The molecule has 0 aliphatic carbocycles. The van der Waals surface area contributed by atoms with Gasteiger partial charge in [0.2, 0.25) is 0 Å². The van der Waals surface area contributed by atoms with E-state index >= 15 is 0 Å². The van der Waals surface area contributed by atoms with E-state index in [0.29, 0.717) is 12.0 Å². The summed E-state index contributed by atoms with van der Waals surface area (Å²) < 4.78 is 0. The molecule has 0 spiro atoms. The molecule has 1 heterocycles. The summed E-state index contributed by atoms with van der Waals surface area (Å²) in [5.74, 6) is 0.0490. The molecular formula is C22H23NO3. The van der Waals surface area contributed by atoms with Gasteiger partial charge in [-0.05, 0) is 54.2 Å². The number of hydrogen-bond acceptors (Lipinski definition) is 4. The van der Waals surface area contributed by atoms with E-state index < -0.39 is 5.54 Å². The highest BCUT2D eigenvalue weighted by Gasteiger charge is 2.32. The first kappa shape index (κ1) is 18.2. The fraction of sp³-hybridized carbons (Fsp3) is 0.273. The van der Waals surface area contributed by atoms with E-state index in [0.717, 1.165) is 27.8 Å². The van der Waals surface area contributed by atoms with Crippen molar-refractivity contribution in [2.45, 2.75) is 39.0 Å². The molecule has 26 heavy (non-hydrogen) atoms. The second-order valence-corrected chi connectivity index (χ2v) is 6.77. The highest BCUT2D eigenvalue weighted by molar-refractivity contribution is 5.94. The molecule has 2 aromatic carbocycles. The van der Waals surface area contributed by atoms with Crippen LogP contribution in [0.25, 0.3) is 0 Å². The zero-order chi connectivity index (χ0) is 18.7. The van der Waals surface area contributed by atoms with Gasteiger partial charge in [-0.1, -0.05) is 42.5 Å². The largest absolute Gasteiger partial charge is 0.392 e. The lowest BCUT2D eigenvalue weighted by Crippen LogP contribution is -2.21. The van der Waals surface area contributed by atoms with Crippen molar-refractivity contribution in [1.82, 2.24) is 0 Å². The van der Waals surface area contributed by atoms with Gasteiger partial charge < -0.3 is 10.2 Å². The molecule has 0 fully saturated rings. The minimum Gasteiger partial charge on any atom is -0.392 e. The van der Waals surface area contributed by atoms with Crippen LogP contribution in [-0.4, -0.2) is 22.2 Å². The lowest BCUT2D eigenvalue weighted by Gasteiger charge is -2.26. The van der Waals surface area contributed by atoms with Gasteiger partial charge in [0.25, 0.3) is 0 Å². The molecule has 0 saturated carbocycles. The van der Waals surface area contributed by atoms with Gasteiger partial charge in [0, 0.05) is 11.8 Å². The standard InChI is InChI=1S/C22H23NO3/c1-15(26)17-5-7-20(8-6-17)22(2)21(9-10-23-22)12-16-3-4-18(13-24)19(11-16)14-25/h3-11,24-25H,12-14H2,1-2H3. The third-order valence-electron chi connectivity index (χ3n) is 5.09. The van der Waals surface area contributed by atoms with Gasteiger partial charge in [-0.3, -0.25) is 9.79 Å². The normalized spacial score (nSPS) is 18.8. The molecular weight excluding hydrogens is 326 g/mol. The van der Waals surface area contributed by atoms with Gasteiger partial charge >= 0.3 is 0 Å². The number of hydrogen-bond donors (Lipinski definition) is 2. The number of aliphatic hydroxyl groups is 2. The number of allylic oxidation sites excluding steroid dienone is 1. The number of Topliss-reactive ketones (excluding diaryl/α,β-unsaturated/α-hetero) is 1. The van der Waals surface area contributed by atoms with E-state index in [4.69, 9.17) is 0 Å². The maximum atomic E-state index is 11.5. The van der Waals surface area contributed by atoms with Crippen LogP contribution in [0.2, 0.25) is 0 Å². The molecule has 4 heteroatoms. The molecule has 2 aromatic rings. The van der Waals surface area contributed by atoms with E-state index in [1.165, 1.54) is 0 Å². The van der Waals surface area contributed by atoms with Crippen LogP contribution in [0, 0.1) is 0 Å². The van der Waals surface area contributed by atoms with Crippen LogP contribution < -0.4 is 0 Å². The van der Waals surface area contributed by atoms with Crippen molar-refractivity contribution in [3.05, 3.63) is 81.9 Å². The molecule has 4 nitrogen and oxygen atoms in total. The van der Waals surface area contributed by atoms with Crippen LogP contribution in [0.5, 0.6) is 0 Å². The summed E-state index contributed by atoms with van der Waals surface area (Å²) >= 11 is 0. The molecule has 134 valence electrons.